The zero-order valence-electron chi connectivity index (χ0n) is 10.8. The van der Waals surface area contributed by atoms with Crippen molar-refractivity contribution in [1.82, 2.24) is 9.97 Å². The highest BCUT2D eigenvalue weighted by Crippen LogP contribution is 2.32. The van der Waals surface area contributed by atoms with E-state index in [4.69, 9.17) is 15.9 Å². The molecule has 0 radical (unpaired) electrons. The first-order valence-corrected chi connectivity index (χ1v) is 6.48. The number of nitrogens with one attached hydrogen (secondary N) is 1. The number of hydrogen-bond acceptors (Lipinski definition) is 6. The van der Waals surface area contributed by atoms with Gasteiger partial charge in [0.1, 0.15) is 11.5 Å². The molecular weight excluding hydrogens is 342 g/mol. The molecule has 0 atom stereocenters. The van der Waals surface area contributed by atoms with E-state index in [0.717, 1.165) is 0 Å². The van der Waals surface area contributed by atoms with Crippen molar-refractivity contribution >= 4 is 27.5 Å². The standard InChI is InChI=1S/C12H10BrN5O3/c1-6-4-8(11(14)15)17-12(16-6)21-10-3-2-7(13)5-9(10)18(19)20/h2-5H,1H3,(H3,14,15). The van der Waals surface area contributed by atoms with Crippen molar-refractivity contribution in [1.29, 1.82) is 5.41 Å². The topological polar surface area (TPSA) is 128 Å². The molecule has 2 rings (SSSR count). The number of nitro groups is 1. The monoisotopic (exact) mass is 351 g/mol. The number of nitrogen functional groups attached to an aromatic ring is 1. The second-order valence-electron chi connectivity index (χ2n) is 4.06. The Balaban J connectivity index is 2.43. The molecule has 9 heteroatoms. The summed E-state index contributed by atoms with van der Waals surface area (Å²) in [5, 5.41) is 18.4. The van der Waals surface area contributed by atoms with Crippen LogP contribution in [0.3, 0.4) is 0 Å². The maximum absolute atomic E-state index is 11.0. The van der Waals surface area contributed by atoms with Crippen LogP contribution < -0.4 is 10.5 Å². The molecule has 0 aliphatic heterocycles. The third-order valence-corrected chi connectivity index (χ3v) is 2.92. The molecule has 1 aromatic carbocycles. The van der Waals surface area contributed by atoms with Crippen molar-refractivity contribution in [3.05, 3.63) is 50.2 Å². The molecule has 0 spiro atoms. The van der Waals surface area contributed by atoms with Crippen LogP contribution >= 0.6 is 15.9 Å². The number of rotatable bonds is 4. The molecule has 0 amide bonds. The first kappa shape index (κ1) is 14.9. The number of nitrogens with zero attached hydrogens (tertiary/aromatic N) is 3. The molecule has 0 aliphatic carbocycles. The van der Waals surface area contributed by atoms with E-state index in [1.165, 1.54) is 18.2 Å². The molecule has 0 bridgehead atoms. The Bertz CT molecular complexity index is 735. The summed E-state index contributed by atoms with van der Waals surface area (Å²) in [6.07, 6.45) is 0. The Hall–Kier alpha value is -2.55. The predicted molar refractivity (Wildman–Crippen MR) is 78.7 cm³/mol. The highest BCUT2D eigenvalue weighted by molar-refractivity contribution is 9.10. The lowest BCUT2D eigenvalue weighted by Gasteiger charge is -2.07. The number of aromatic nitrogens is 2. The summed E-state index contributed by atoms with van der Waals surface area (Å²) in [6.45, 7) is 1.68. The smallest absolute Gasteiger partial charge is 0.323 e. The van der Waals surface area contributed by atoms with Crippen LogP contribution in [0.15, 0.2) is 28.7 Å². The maximum Gasteiger partial charge on any atom is 0.323 e. The molecule has 1 aromatic heterocycles. The molecule has 21 heavy (non-hydrogen) atoms. The molecule has 8 nitrogen and oxygen atoms in total. The molecule has 0 fully saturated rings. The number of benzene rings is 1. The zero-order chi connectivity index (χ0) is 15.6. The second-order valence-corrected chi connectivity index (χ2v) is 4.98. The molecular formula is C12H10BrN5O3. The van der Waals surface area contributed by atoms with Gasteiger partial charge >= 0.3 is 11.7 Å². The van der Waals surface area contributed by atoms with Gasteiger partial charge < -0.3 is 10.5 Å². The lowest BCUT2D eigenvalue weighted by molar-refractivity contribution is -0.385. The van der Waals surface area contributed by atoms with Crippen molar-refractivity contribution in [2.24, 2.45) is 5.73 Å². The average Bonchev–Trinajstić information content (AvgIpc) is 2.40. The Morgan fingerprint density at radius 3 is 2.76 bits per heavy atom. The summed E-state index contributed by atoms with van der Waals surface area (Å²) in [7, 11) is 0. The SMILES string of the molecule is Cc1cc(C(=N)N)nc(Oc2ccc(Br)cc2[N+](=O)[O-])n1. The molecule has 2 aromatic rings. The van der Waals surface area contributed by atoms with Gasteiger partial charge in [-0.25, -0.2) is 4.98 Å². The van der Waals surface area contributed by atoms with Crippen LogP contribution in [0.5, 0.6) is 11.8 Å². The van der Waals surface area contributed by atoms with Gasteiger partial charge in [0.2, 0.25) is 5.75 Å². The number of hydrogen-bond donors (Lipinski definition) is 2. The van der Waals surface area contributed by atoms with Crippen molar-refractivity contribution in [2.75, 3.05) is 0 Å². The van der Waals surface area contributed by atoms with E-state index >= 15 is 0 Å². The fourth-order valence-electron chi connectivity index (χ4n) is 1.54. The second kappa shape index (κ2) is 5.83. The average molecular weight is 352 g/mol. The fraction of sp³-hybridized carbons (Fsp3) is 0.0833. The van der Waals surface area contributed by atoms with Crippen LogP contribution in [-0.4, -0.2) is 20.7 Å². The molecule has 0 unspecified atom stereocenters. The lowest BCUT2D eigenvalue weighted by Crippen LogP contribution is -2.14. The number of halogens is 1. The van der Waals surface area contributed by atoms with Gasteiger partial charge in [-0.1, -0.05) is 15.9 Å². The number of amidine groups is 1. The van der Waals surface area contributed by atoms with Gasteiger partial charge in [-0.15, -0.1) is 0 Å². The summed E-state index contributed by atoms with van der Waals surface area (Å²) < 4.78 is 5.91. The minimum atomic E-state index is -0.568. The number of ether oxygens (including phenoxy) is 1. The maximum atomic E-state index is 11.0. The summed E-state index contributed by atoms with van der Waals surface area (Å²) >= 11 is 3.16. The first-order chi connectivity index (χ1) is 9.86. The predicted octanol–water partition coefficient (Wildman–Crippen LogP) is 2.53. The molecule has 0 aliphatic rings. The lowest BCUT2D eigenvalue weighted by atomic mass is 10.3. The van der Waals surface area contributed by atoms with Gasteiger partial charge in [-0.3, -0.25) is 15.5 Å². The number of nitro benzene ring substituents is 1. The summed E-state index contributed by atoms with van der Waals surface area (Å²) in [5.74, 6) is -0.237. The minimum Gasteiger partial charge on any atom is -0.417 e. The molecule has 0 saturated carbocycles. The van der Waals surface area contributed by atoms with Crippen LogP contribution in [0.1, 0.15) is 11.4 Å². The van der Waals surface area contributed by atoms with Crippen LogP contribution in [0.4, 0.5) is 5.69 Å². The highest BCUT2D eigenvalue weighted by atomic mass is 79.9. The summed E-state index contributed by atoms with van der Waals surface area (Å²) in [5.41, 5.74) is 5.87. The van der Waals surface area contributed by atoms with Gasteiger partial charge in [0.25, 0.3) is 0 Å². The van der Waals surface area contributed by atoms with E-state index in [0.29, 0.717) is 10.2 Å². The summed E-state index contributed by atoms with van der Waals surface area (Å²) in [6, 6.07) is 5.76. The molecule has 3 N–H and O–H groups in total. The number of nitrogens with two attached hydrogens (primary N) is 1. The zero-order valence-corrected chi connectivity index (χ0v) is 12.4. The van der Waals surface area contributed by atoms with Gasteiger partial charge in [-0.05, 0) is 25.1 Å². The van der Waals surface area contributed by atoms with Crippen LogP contribution in [0.25, 0.3) is 0 Å². The van der Waals surface area contributed by atoms with Gasteiger partial charge in [0, 0.05) is 16.2 Å². The van der Waals surface area contributed by atoms with Gasteiger partial charge in [0.15, 0.2) is 0 Å². The number of aryl methyl sites for hydroxylation is 1. The van der Waals surface area contributed by atoms with Crippen LogP contribution in [0, 0.1) is 22.4 Å². The van der Waals surface area contributed by atoms with E-state index in [1.54, 1.807) is 13.0 Å². The highest BCUT2D eigenvalue weighted by Gasteiger charge is 2.18. The van der Waals surface area contributed by atoms with E-state index in [-0.39, 0.29) is 29.0 Å². The fourth-order valence-corrected chi connectivity index (χ4v) is 1.89. The van der Waals surface area contributed by atoms with E-state index in [1.807, 2.05) is 0 Å². The van der Waals surface area contributed by atoms with Crippen LogP contribution in [-0.2, 0) is 0 Å². The largest absolute Gasteiger partial charge is 0.417 e. The third kappa shape index (κ3) is 3.51. The Labute approximate surface area is 127 Å². The van der Waals surface area contributed by atoms with Crippen molar-refractivity contribution in [3.63, 3.8) is 0 Å². The molecule has 1 heterocycles. The van der Waals surface area contributed by atoms with Crippen LogP contribution in [0.2, 0.25) is 0 Å². The summed E-state index contributed by atoms with van der Waals surface area (Å²) in [4.78, 5) is 18.4. The Morgan fingerprint density at radius 2 is 2.14 bits per heavy atom. The normalized spacial score (nSPS) is 10.2. The minimum absolute atomic E-state index is 0.00306. The first-order valence-electron chi connectivity index (χ1n) is 5.68. The van der Waals surface area contributed by atoms with Crippen molar-refractivity contribution in [3.8, 4) is 11.8 Å². The van der Waals surface area contributed by atoms with Gasteiger partial charge in [0.05, 0.1) is 4.92 Å². The van der Waals surface area contributed by atoms with E-state index in [2.05, 4.69) is 25.9 Å². The van der Waals surface area contributed by atoms with E-state index in [9.17, 15) is 10.1 Å². The van der Waals surface area contributed by atoms with Gasteiger partial charge in [-0.2, -0.15) is 4.98 Å². The Morgan fingerprint density at radius 1 is 1.43 bits per heavy atom. The quantitative estimate of drug-likeness (QED) is 0.377. The van der Waals surface area contributed by atoms with Crippen molar-refractivity contribution in [2.45, 2.75) is 6.92 Å². The van der Waals surface area contributed by atoms with Crippen molar-refractivity contribution < 1.29 is 9.66 Å². The third-order valence-electron chi connectivity index (χ3n) is 2.43. The Kier molecular flexibility index (Phi) is 4.13. The molecule has 0 saturated heterocycles. The molecule has 108 valence electrons. The van der Waals surface area contributed by atoms with E-state index < -0.39 is 4.92 Å².